The Bertz CT molecular complexity index is 494. The third kappa shape index (κ3) is 2.10. The third-order valence-corrected chi connectivity index (χ3v) is 4.44. The lowest BCUT2D eigenvalue weighted by Crippen LogP contribution is -2.28. The van der Waals surface area contributed by atoms with Gasteiger partial charge in [-0.3, -0.25) is 4.79 Å². The molecule has 1 unspecified atom stereocenters. The Morgan fingerprint density at radius 2 is 2.05 bits per heavy atom. The highest BCUT2D eigenvalue weighted by Crippen LogP contribution is 2.35. The van der Waals surface area contributed by atoms with Gasteiger partial charge < -0.3 is 15.5 Å². The number of benzene rings is 1. The molecule has 0 aromatic heterocycles. The minimum Gasteiger partial charge on any atom is -0.372 e. The molecule has 0 saturated heterocycles. The van der Waals surface area contributed by atoms with Gasteiger partial charge in [-0.05, 0) is 32.0 Å². The minimum absolute atomic E-state index is 0.0400. The zero-order valence-electron chi connectivity index (χ0n) is 11.6. The first kappa shape index (κ1) is 12.5. The standard InChI is InChI=1S/C15H21N3O/c1-16-14-12-8-7-11(9-13(12)17-15(14)19)18(2)10-5-3-4-6-10/h7-10,14,16H,3-6H2,1-2H3,(H,17,19). The highest BCUT2D eigenvalue weighted by molar-refractivity contribution is 6.03. The second-order valence-electron chi connectivity index (χ2n) is 5.53. The summed E-state index contributed by atoms with van der Waals surface area (Å²) in [6, 6.07) is 6.73. The quantitative estimate of drug-likeness (QED) is 0.875. The first-order valence-corrected chi connectivity index (χ1v) is 7.05. The first-order chi connectivity index (χ1) is 9.20. The minimum atomic E-state index is -0.208. The molecule has 1 amide bonds. The van der Waals surface area contributed by atoms with Crippen molar-refractivity contribution in [3.8, 4) is 0 Å². The van der Waals surface area contributed by atoms with Crippen LogP contribution in [0.4, 0.5) is 11.4 Å². The van der Waals surface area contributed by atoms with E-state index in [0.29, 0.717) is 6.04 Å². The van der Waals surface area contributed by atoms with E-state index >= 15 is 0 Å². The van der Waals surface area contributed by atoms with E-state index in [1.807, 2.05) is 7.05 Å². The molecule has 1 aromatic carbocycles. The van der Waals surface area contributed by atoms with Crippen LogP contribution in [0, 0.1) is 0 Å². The summed E-state index contributed by atoms with van der Waals surface area (Å²) >= 11 is 0. The van der Waals surface area contributed by atoms with Gasteiger partial charge in [0.25, 0.3) is 0 Å². The van der Waals surface area contributed by atoms with Crippen molar-refractivity contribution < 1.29 is 4.79 Å². The summed E-state index contributed by atoms with van der Waals surface area (Å²) in [6.45, 7) is 0. The monoisotopic (exact) mass is 259 g/mol. The maximum absolute atomic E-state index is 11.8. The van der Waals surface area contributed by atoms with Crippen LogP contribution in [0.3, 0.4) is 0 Å². The van der Waals surface area contributed by atoms with Crippen LogP contribution in [0.15, 0.2) is 18.2 Å². The second-order valence-corrected chi connectivity index (χ2v) is 5.53. The molecule has 1 saturated carbocycles. The van der Waals surface area contributed by atoms with Crippen LogP contribution in [-0.2, 0) is 4.79 Å². The van der Waals surface area contributed by atoms with Crippen molar-refractivity contribution in [3.05, 3.63) is 23.8 Å². The highest BCUT2D eigenvalue weighted by Gasteiger charge is 2.30. The van der Waals surface area contributed by atoms with Gasteiger partial charge in [0.05, 0.1) is 0 Å². The molecule has 0 bridgehead atoms. The molecule has 0 radical (unpaired) electrons. The number of anilines is 2. The fourth-order valence-electron chi connectivity index (χ4n) is 3.26. The van der Waals surface area contributed by atoms with Gasteiger partial charge in [-0.15, -0.1) is 0 Å². The number of hydrogen-bond donors (Lipinski definition) is 2. The molecule has 2 N–H and O–H groups in total. The van der Waals surface area contributed by atoms with E-state index in [1.54, 1.807) is 0 Å². The number of nitrogens with one attached hydrogen (secondary N) is 2. The highest BCUT2D eigenvalue weighted by atomic mass is 16.2. The van der Waals surface area contributed by atoms with Gasteiger partial charge in [0, 0.05) is 30.0 Å². The van der Waals surface area contributed by atoms with Crippen molar-refractivity contribution in [2.75, 3.05) is 24.3 Å². The summed E-state index contributed by atoms with van der Waals surface area (Å²) in [6.07, 6.45) is 5.22. The van der Waals surface area contributed by atoms with E-state index in [2.05, 4.69) is 40.8 Å². The number of hydrogen-bond acceptors (Lipinski definition) is 3. The maximum Gasteiger partial charge on any atom is 0.246 e. The Kier molecular flexibility index (Phi) is 3.19. The largest absolute Gasteiger partial charge is 0.372 e. The zero-order chi connectivity index (χ0) is 13.4. The van der Waals surface area contributed by atoms with Gasteiger partial charge in [0.1, 0.15) is 6.04 Å². The molecule has 2 aliphatic rings. The molecule has 3 rings (SSSR count). The molecule has 102 valence electrons. The van der Waals surface area contributed by atoms with E-state index in [-0.39, 0.29) is 11.9 Å². The van der Waals surface area contributed by atoms with E-state index in [1.165, 1.54) is 31.4 Å². The summed E-state index contributed by atoms with van der Waals surface area (Å²) in [4.78, 5) is 14.2. The van der Waals surface area contributed by atoms with Gasteiger partial charge >= 0.3 is 0 Å². The van der Waals surface area contributed by atoms with Crippen molar-refractivity contribution in [2.24, 2.45) is 0 Å². The van der Waals surface area contributed by atoms with Crippen LogP contribution in [0.2, 0.25) is 0 Å². The molecule has 4 nitrogen and oxygen atoms in total. The number of likely N-dealkylation sites (N-methyl/N-ethyl adjacent to an activating group) is 1. The Labute approximate surface area is 114 Å². The number of rotatable bonds is 3. The summed E-state index contributed by atoms with van der Waals surface area (Å²) in [7, 11) is 3.97. The lowest BCUT2D eigenvalue weighted by atomic mass is 10.1. The molecule has 1 aliphatic carbocycles. The fourth-order valence-corrected chi connectivity index (χ4v) is 3.26. The molecular formula is C15H21N3O. The predicted molar refractivity (Wildman–Crippen MR) is 77.5 cm³/mol. The molecule has 1 aliphatic heterocycles. The second kappa shape index (κ2) is 4.85. The summed E-state index contributed by atoms with van der Waals surface area (Å²) in [5, 5.41) is 6.00. The van der Waals surface area contributed by atoms with Crippen LogP contribution >= 0.6 is 0 Å². The zero-order valence-corrected chi connectivity index (χ0v) is 11.6. The van der Waals surface area contributed by atoms with Gasteiger partial charge in [-0.25, -0.2) is 0 Å². The van der Waals surface area contributed by atoms with Crippen molar-refractivity contribution in [1.29, 1.82) is 0 Å². The van der Waals surface area contributed by atoms with E-state index in [9.17, 15) is 4.79 Å². The number of amides is 1. The summed E-state index contributed by atoms with van der Waals surface area (Å²) < 4.78 is 0. The van der Waals surface area contributed by atoms with E-state index in [4.69, 9.17) is 0 Å². The SMILES string of the molecule is CNC1C(=O)Nc2cc(N(C)C3CCCC3)ccc21. The lowest BCUT2D eigenvalue weighted by molar-refractivity contribution is -0.117. The van der Waals surface area contributed by atoms with Gasteiger partial charge in [0.2, 0.25) is 5.91 Å². The molecule has 4 heteroatoms. The summed E-state index contributed by atoms with van der Waals surface area (Å²) in [5.74, 6) is 0.0400. The Hall–Kier alpha value is -1.55. The van der Waals surface area contributed by atoms with E-state index in [0.717, 1.165) is 11.3 Å². The molecule has 19 heavy (non-hydrogen) atoms. The van der Waals surface area contributed by atoms with Gasteiger partial charge in [-0.1, -0.05) is 18.9 Å². The number of nitrogens with zero attached hydrogens (tertiary/aromatic N) is 1. The topological polar surface area (TPSA) is 44.4 Å². The molecular weight excluding hydrogens is 238 g/mol. The summed E-state index contributed by atoms with van der Waals surface area (Å²) in [5.41, 5.74) is 3.20. The fraction of sp³-hybridized carbons (Fsp3) is 0.533. The van der Waals surface area contributed by atoms with Crippen LogP contribution in [0.25, 0.3) is 0 Å². The van der Waals surface area contributed by atoms with Gasteiger partial charge in [-0.2, -0.15) is 0 Å². The maximum atomic E-state index is 11.8. The number of fused-ring (bicyclic) bond motifs is 1. The number of carbonyl (C=O) groups excluding carboxylic acids is 1. The normalized spacial score (nSPS) is 22.4. The Balaban J connectivity index is 1.86. The molecule has 0 spiro atoms. The Morgan fingerprint density at radius 3 is 2.74 bits per heavy atom. The smallest absolute Gasteiger partial charge is 0.246 e. The molecule has 1 aromatic rings. The number of carbonyl (C=O) groups is 1. The average molecular weight is 259 g/mol. The third-order valence-electron chi connectivity index (χ3n) is 4.44. The van der Waals surface area contributed by atoms with Crippen molar-refractivity contribution in [1.82, 2.24) is 5.32 Å². The van der Waals surface area contributed by atoms with Crippen molar-refractivity contribution in [3.63, 3.8) is 0 Å². The average Bonchev–Trinajstić information content (AvgIpc) is 3.03. The lowest BCUT2D eigenvalue weighted by Gasteiger charge is -2.27. The van der Waals surface area contributed by atoms with Crippen LogP contribution in [0.1, 0.15) is 37.3 Å². The first-order valence-electron chi connectivity index (χ1n) is 7.05. The van der Waals surface area contributed by atoms with Crippen molar-refractivity contribution >= 4 is 17.3 Å². The Morgan fingerprint density at radius 1 is 1.32 bits per heavy atom. The van der Waals surface area contributed by atoms with Crippen LogP contribution < -0.4 is 15.5 Å². The predicted octanol–water partition coefficient (Wildman–Crippen LogP) is 2.28. The van der Waals surface area contributed by atoms with E-state index < -0.39 is 0 Å². The molecule has 1 heterocycles. The van der Waals surface area contributed by atoms with Crippen molar-refractivity contribution in [2.45, 2.75) is 37.8 Å². The molecule has 1 fully saturated rings. The van der Waals surface area contributed by atoms with Crippen LogP contribution in [0.5, 0.6) is 0 Å². The van der Waals surface area contributed by atoms with Crippen LogP contribution in [-0.4, -0.2) is 26.0 Å². The molecule has 1 atom stereocenters. The van der Waals surface area contributed by atoms with Gasteiger partial charge in [0.15, 0.2) is 0 Å².